The zero-order valence-electron chi connectivity index (χ0n) is 13.8. The number of aryl methyl sites for hydroxylation is 1. The topological polar surface area (TPSA) is 64.1 Å². The van der Waals surface area contributed by atoms with E-state index in [-0.39, 0.29) is 11.9 Å². The molecule has 2 aromatic heterocycles. The van der Waals surface area contributed by atoms with Crippen molar-refractivity contribution >= 4 is 16.3 Å². The Morgan fingerprint density at radius 3 is 2.75 bits per heavy atom. The molecule has 0 amide bonds. The first-order valence-electron chi connectivity index (χ1n) is 8.21. The van der Waals surface area contributed by atoms with Crippen molar-refractivity contribution in [3.63, 3.8) is 0 Å². The number of hydrogen-bond acceptors (Lipinski definition) is 5. The smallest absolute Gasteiger partial charge is 0.235 e. The van der Waals surface area contributed by atoms with E-state index in [0.29, 0.717) is 5.82 Å². The average Bonchev–Trinajstić information content (AvgIpc) is 3.29. The minimum atomic E-state index is 0.0393. The van der Waals surface area contributed by atoms with Gasteiger partial charge in [-0.15, -0.1) is 5.10 Å². The zero-order chi connectivity index (χ0) is 16.7. The minimum Gasteiger partial charge on any atom is -0.496 e. The fraction of sp³-hybridized carbons (Fsp3) is 0.412. The third-order valence-electron chi connectivity index (χ3n) is 4.67. The number of quaternary nitrogens is 1. The molecule has 0 saturated carbocycles. The molecule has 126 valence electrons. The van der Waals surface area contributed by atoms with Crippen LogP contribution in [0, 0.1) is 6.92 Å². The first kappa shape index (κ1) is 15.4. The van der Waals surface area contributed by atoms with Crippen LogP contribution in [0.25, 0.3) is 4.96 Å². The molecule has 0 radical (unpaired) electrons. The summed E-state index contributed by atoms with van der Waals surface area (Å²) in [6.45, 7) is 4.02. The number of hydrogen-bond donors (Lipinski definition) is 2. The molecule has 1 aromatic carbocycles. The van der Waals surface area contributed by atoms with Gasteiger partial charge in [0.25, 0.3) is 0 Å². The second-order valence-corrected chi connectivity index (χ2v) is 7.19. The summed E-state index contributed by atoms with van der Waals surface area (Å²) in [7, 11) is 1.70. The molecule has 3 aromatic rings. The summed E-state index contributed by atoms with van der Waals surface area (Å²) in [5, 5.41) is 15.1. The van der Waals surface area contributed by atoms with Gasteiger partial charge < -0.3 is 14.7 Å². The Kier molecular flexibility index (Phi) is 3.90. The van der Waals surface area contributed by atoms with Crippen LogP contribution in [0.3, 0.4) is 0 Å². The molecule has 1 aliphatic rings. The number of thiazole rings is 1. The van der Waals surface area contributed by atoms with Gasteiger partial charge in [-0.05, 0) is 19.1 Å². The van der Waals surface area contributed by atoms with Crippen molar-refractivity contribution in [3.8, 4) is 11.6 Å². The molecule has 3 heterocycles. The molecular weight excluding hydrogens is 324 g/mol. The Morgan fingerprint density at radius 1 is 1.29 bits per heavy atom. The van der Waals surface area contributed by atoms with Gasteiger partial charge in [0.05, 0.1) is 25.8 Å². The zero-order valence-corrected chi connectivity index (χ0v) is 14.6. The third kappa shape index (κ3) is 2.44. The van der Waals surface area contributed by atoms with Crippen molar-refractivity contribution < 1.29 is 14.7 Å². The SMILES string of the molecule is COc1ccccc1[C@@H](c1sc2nc(C)nn2c1O)[NH+]1CCCC1. The first-order chi connectivity index (χ1) is 11.7. The average molecular weight is 345 g/mol. The molecule has 6 nitrogen and oxygen atoms in total. The van der Waals surface area contributed by atoms with E-state index in [1.54, 1.807) is 11.6 Å². The Bertz CT molecular complexity index is 867. The van der Waals surface area contributed by atoms with Gasteiger partial charge in [0.1, 0.15) is 16.5 Å². The number of methoxy groups -OCH3 is 1. The van der Waals surface area contributed by atoms with Crippen molar-refractivity contribution in [1.82, 2.24) is 14.6 Å². The Hall–Kier alpha value is -2.12. The molecular formula is C17H21N4O2S+. The molecule has 4 rings (SSSR count). The lowest BCUT2D eigenvalue weighted by Crippen LogP contribution is -3.10. The van der Waals surface area contributed by atoms with Gasteiger partial charge in [0.15, 0.2) is 6.04 Å². The molecule has 0 bridgehead atoms. The van der Waals surface area contributed by atoms with E-state index in [2.05, 4.69) is 16.1 Å². The van der Waals surface area contributed by atoms with E-state index in [1.807, 2.05) is 25.1 Å². The lowest BCUT2D eigenvalue weighted by atomic mass is 10.0. The normalized spacial score (nSPS) is 16.8. The maximum atomic E-state index is 10.8. The van der Waals surface area contributed by atoms with Crippen LogP contribution in [0.2, 0.25) is 0 Å². The van der Waals surface area contributed by atoms with Crippen LogP contribution in [0.1, 0.15) is 35.1 Å². The predicted molar refractivity (Wildman–Crippen MR) is 92.0 cm³/mol. The van der Waals surface area contributed by atoms with Crippen LogP contribution < -0.4 is 9.64 Å². The molecule has 0 spiro atoms. The minimum absolute atomic E-state index is 0.0393. The predicted octanol–water partition coefficient (Wildman–Crippen LogP) is 1.58. The van der Waals surface area contributed by atoms with Gasteiger partial charge >= 0.3 is 0 Å². The highest BCUT2D eigenvalue weighted by Crippen LogP contribution is 2.38. The maximum absolute atomic E-state index is 10.8. The van der Waals surface area contributed by atoms with Gasteiger partial charge in [-0.1, -0.05) is 23.5 Å². The summed E-state index contributed by atoms with van der Waals surface area (Å²) in [5.74, 6) is 1.73. The van der Waals surface area contributed by atoms with E-state index in [4.69, 9.17) is 4.74 Å². The highest BCUT2D eigenvalue weighted by Gasteiger charge is 2.36. The van der Waals surface area contributed by atoms with E-state index in [0.717, 1.165) is 34.2 Å². The lowest BCUT2D eigenvalue weighted by molar-refractivity contribution is -0.913. The fourth-order valence-corrected chi connectivity index (χ4v) is 4.78. The number of para-hydroxylation sites is 1. The summed E-state index contributed by atoms with van der Waals surface area (Å²) >= 11 is 1.52. The highest BCUT2D eigenvalue weighted by atomic mass is 32.1. The van der Waals surface area contributed by atoms with Crippen LogP contribution in [0.5, 0.6) is 11.6 Å². The summed E-state index contributed by atoms with van der Waals surface area (Å²) in [6.07, 6.45) is 2.42. The summed E-state index contributed by atoms with van der Waals surface area (Å²) in [5.41, 5.74) is 1.11. The molecule has 7 heteroatoms. The van der Waals surface area contributed by atoms with Gasteiger partial charge in [-0.25, -0.2) is 4.98 Å². The van der Waals surface area contributed by atoms with Gasteiger partial charge in [0, 0.05) is 12.8 Å². The second kappa shape index (κ2) is 6.07. The maximum Gasteiger partial charge on any atom is 0.235 e. The van der Waals surface area contributed by atoms with Gasteiger partial charge in [-0.2, -0.15) is 4.52 Å². The van der Waals surface area contributed by atoms with Crippen LogP contribution in [-0.2, 0) is 0 Å². The molecule has 24 heavy (non-hydrogen) atoms. The number of nitrogens with zero attached hydrogens (tertiary/aromatic N) is 3. The van der Waals surface area contributed by atoms with Crippen LogP contribution >= 0.6 is 11.3 Å². The monoisotopic (exact) mass is 345 g/mol. The molecule has 1 fully saturated rings. The molecule has 0 aliphatic carbocycles. The van der Waals surface area contributed by atoms with Crippen molar-refractivity contribution in [2.75, 3.05) is 20.2 Å². The van der Waals surface area contributed by atoms with E-state index >= 15 is 0 Å². The number of aromatic hydroxyl groups is 1. The Morgan fingerprint density at radius 2 is 2.04 bits per heavy atom. The third-order valence-corrected chi connectivity index (χ3v) is 5.76. The number of nitrogens with one attached hydrogen (secondary N) is 1. The summed E-state index contributed by atoms with van der Waals surface area (Å²) in [6, 6.07) is 8.12. The highest BCUT2D eigenvalue weighted by molar-refractivity contribution is 7.17. The number of ether oxygens (including phenoxy) is 1. The largest absolute Gasteiger partial charge is 0.496 e. The quantitative estimate of drug-likeness (QED) is 0.754. The summed E-state index contributed by atoms with van der Waals surface area (Å²) in [4.78, 5) is 7.51. The van der Waals surface area contributed by atoms with Crippen LogP contribution in [0.4, 0.5) is 0 Å². The second-order valence-electron chi connectivity index (χ2n) is 6.18. The number of likely N-dealkylation sites (tertiary alicyclic amines) is 1. The lowest BCUT2D eigenvalue weighted by Gasteiger charge is -2.25. The number of benzene rings is 1. The van der Waals surface area contributed by atoms with Crippen molar-refractivity contribution in [3.05, 3.63) is 40.5 Å². The molecule has 1 atom stereocenters. The van der Waals surface area contributed by atoms with Crippen LogP contribution in [-0.4, -0.2) is 39.9 Å². The Balaban J connectivity index is 1.88. The number of fused-ring (bicyclic) bond motifs is 1. The number of aromatic nitrogens is 3. The molecule has 2 N–H and O–H groups in total. The molecule has 0 unspecified atom stereocenters. The fourth-order valence-electron chi connectivity index (χ4n) is 3.61. The molecule has 1 aliphatic heterocycles. The van der Waals surface area contributed by atoms with Crippen molar-refractivity contribution in [1.29, 1.82) is 0 Å². The van der Waals surface area contributed by atoms with E-state index in [9.17, 15) is 5.11 Å². The van der Waals surface area contributed by atoms with Gasteiger partial charge in [0.2, 0.25) is 10.8 Å². The number of rotatable bonds is 4. The van der Waals surface area contributed by atoms with Crippen LogP contribution in [0.15, 0.2) is 24.3 Å². The first-order valence-corrected chi connectivity index (χ1v) is 9.03. The van der Waals surface area contributed by atoms with Crippen molar-refractivity contribution in [2.24, 2.45) is 0 Å². The van der Waals surface area contributed by atoms with Gasteiger partial charge in [-0.3, -0.25) is 0 Å². The standard InChI is InChI=1S/C17H20N4O2S/c1-11-18-17-21(19-11)16(22)15(24-17)14(20-9-5-6-10-20)12-7-3-4-8-13(12)23-2/h3-4,7-8,14,22H,5-6,9-10H2,1-2H3/p+1/t14-/m0/s1. The van der Waals surface area contributed by atoms with Crippen molar-refractivity contribution in [2.45, 2.75) is 25.8 Å². The van der Waals surface area contributed by atoms with E-state index < -0.39 is 0 Å². The Labute approximate surface area is 144 Å². The molecule has 1 saturated heterocycles. The summed E-state index contributed by atoms with van der Waals surface area (Å²) < 4.78 is 7.14. The van der Waals surface area contributed by atoms with E-state index in [1.165, 1.54) is 29.1 Å².